The molecule has 0 atom stereocenters. The first kappa shape index (κ1) is 53.7. The molecule has 0 radical (unpaired) electrons. The van der Waals surface area contributed by atoms with Crippen LogP contribution >= 0.6 is 63.7 Å². The summed E-state index contributed by atoms with van der Waals surface area (Å²) in [5.74, 6) is 0. The van der Waals surface area contributed by atoms with Gasteiger partial charge in [-0.2, -0.15) is 0 Å². The third-order valence-corrected chi connectivity index (χ3v) is 16.5. The lowest BCUT2D eigenvalue weighted by Crippen LogP contribution is -2.16. The predicted octanol–water partition coefficient (Wildman–Crippen LogP) is 23.3. The Bertz CT molecular complexity index is 3300. The Balaban J connectivity index is 1.30. The molecule has 0 saturated carbocycles. The minimum absolute atomic E-state index is 0.0216. The Morgan fingerprint density at radius 1 is 0.203 bits per heavy atom. The maximum absolute atomic E-state index is 3.75. The van der Waals surface area contributed by atoms with Crippen molar-refractivity contribution < 1.29 is 0 Å². The first-order valence-electron chi connectivity index (χ1n) is 25.6. The highest BCUT2D eigenvalue weighted by Crippen LogP contribution is 2.48. The van der Waals surface area contributed by atoms with Gasteiger partial charge in [0.15, 0.2) is 0 Å². The highest BCUT2D eigenvalue weighted by atomic mass is 79.9. The van der Waals surface area contributed by atoms with E-state index in [1.807, 2.05) is 0 Å². The van der Waals surface area contributed by atoms with E-state index in [0.29, 0.717) is 0 Å². The highest BCUT2D eigenvalue weighted by molar-refractivity contribution is 9.11. The van der Waals surface area contributed by atoms with Gasteiger partial charge in [-0.1, -0.05) is 256 Å². The van der Waals surface area contributed by atoms with Gasteiger partial charge in [0.05, 0.1) is 0 Å². The van der Waals surface area contributed by atoms with Gasteiger partial charge in [0.2, 0.25) is 0 Å². The molecule has 0 aliphatic carbocycles. The minimum atomic E-state index is -0.0465. The van der Waals surface area contributed by atoms with Crippen LogP contribution < -0.4 is 0 Å². The number of halogens is 4. The third kappa shape index (κ3) is 11.8. The first-order chi connectivity index (χ1) is 34.8. The van der Waals surface area contributed by atoms with Crippen molar-refractivity contribution in [3.05, 3.63) is 222 Å². The molecular formula is C70H66Br4. The molecule has 9 rings (SSSR count). The quantitative estimate of drug-likeness (QED) is 0.142. The Morgan fingerprint density at radius 3 is 0.676 bits per heavy atom. The van der Waals surface area contributed by atoms with Crippen LogP contribution in [0.1, 0.15) is 105 Å². The van der Waals surface area contributed by atoms with Gasteiger partial charge in [-0.3, -0.25) is 0 Å². The molecular weight excluding hydrogens is 1160 g/mol. The molecule has 74 heavy (non-hydrogen) atoms. The largest absolute Gasteiger partial charge is 0.0561 e. The molecule has 0 spiro atoms. The van der Waals surface area contributed by atoms with Crippen molar-refractivity contribution in [2.45, 2.75) is 105 Å². The molecule has 0 heterocycles. The molecule has 4 heteroatoms. The van der Waals surface area contributed by atoms with Gasteiger partial charge >= 0.3 is 0 Å². The van der Waals surface area contributed by atoms with Crippen LogP contribution in [0.15, 0.2) is 200 Å². The maximum Gasteiger partial charge on any atom is 0.0175 e. The summed E-state index contributed by atoms with van der Waals surface area (Å²) in [7, 11) is 0. The molecule has 0 N–H and O–H groups in total. The van der Waals surface area contributed by atoms with Gasteiger partial charge in [-0.15, -0.1) is 0 Å². The van der Waals surface area contributed by atoms with Crippen molar-refractivity contribution in [3.63, 3.8) is 0 Å². The van der Waals surface area contributed by atoms with Crippen LogP contribution in [0, 0.1) is 0 Å². The van der Waals surface area contributed by atoms with Gasteiger partial charge in [0.1, 0.15) is 0 Å². The Morgan fingerprint density at radius 2 is 0.405 bits per heavy atom. The van der Waals surface area contributed by atoms with Gasteiger partial charge in [-0.25, -0.2) is 0 Å². The molecule has 0 amide bonds. The standard InChI is InChI=1S/C70H66Br4/c1-67(2,3)53-33-49(34-54(41-53)68(4,5)6)51-39-61(44-17-25-57(71)26-18-44)65(62(40-51)45-19-27-58(72)28-20-45)48-15-13-43(14-16-48)50-37-63(46-21-29-59(73)30-22-46)66(64(38-50)47-23-31-60(74)32-24-47)52-35-55(69(7,8)9)42-56(36-52)70(10,11)12/h13-42H,1-12H3. The van der Waals surface area contributed by atoms with E-state index in [1.165, 1.54) is 83.5 Å². The average Bonchev–Trinajstić information content (AvgIpc) is 3.35. The zero-order valence-electron chi connectivity index (χ0n) is 44.8. The van der Waals surface area contributed by atoms with E-state index in [9.17, 15) is 0 Å². The molecule has 0 unspecified atom stereocenters. The predicted molar refractivity (Wildman–Crippen MR) is 336 cm³/mol. The van der Waals surface area contributed by atoms with E-state index >= 15 is 0 Å². The van der Waals surface area contributed by atoms with Gasteiger partial charge < -0.3 is 0 Å². The van der Waals surface area contributed by atoms with Gasteiger partial charge in [0.25, 0.3) is 0 Å². The summed E-state index contributed by atoms with van der Waals surface area (Å²) in [6.07, 6.45) is 0. The summed E-state index contributed by atoms with van der Waals surface area (Å²) in [5.41, 5.74) is 24.1. The summed E-state index contributed by atoms with van der Waals surface area (Å²) in [4.78, 5) is 0. The van der Waals surface area contributed by atoms with E-state index in [-0.39, 0.29) is 21.7 Å². The SMILES string of the molecule is CC(C)(C)c1cc(-c2cc(-c3ccc(Br)cc3)c(-c3ccc(-c4cc(-c5ccc(Br)cc5)c(-c5cc(C(C)(C)C)cc(C(C)(C)C)c5)c(-c5ccc(Br)cc5)c4)cc3)c(-c3ccc(Br)cc3)c2)cc(C(C)(C)C)c1. The fourth-order valence-electron chi connectivity index (χ4n) is 9.80. The second-order valence-corrected chi connectivity index (χ2v) is 27.8. The monoisotopic (exact) mass is 1220 g/mol. The molecule has 374 valence electrons. The third-order valence-electron chi connectivity index (χ3n) is 14.4. The molecule has 9 aromatic rings. The number of rotatable bonds is 8. The lowest BCUT2D eigenvalue weighted by Gasteiger charge is -2.28. The van der Waals surface area contributed by atoms with Crippen LogP contribution in [0.2, 0.25) is 0 Å². The van der Waals surface area contributed by atoms with Crippen LogP contribution in [0.3, 0.4) is 0 Å². The average molecular weight is 1230 g/mol. The van der Waals surface area contributed by atoms with Crippen molar-refractivity contribution in [2.75, 3.05) is 0 Å². The fraction of sp³-hybridized carbons (Fsp3) is 0.229. The highest BCUT2D eigenvalue weighted by Gasteiger charge is 2.26. The molecule has 0 nitrogen and oxygen atoms in total. The van der Waals surface area contributed by atoms with Crippen LogP contribution in [0.25, 0.3) is 89.0 Å². The topological polar surface area (TPSA) is 0 Å². The van der Waals surface area contributed by atoms with Crippen LogP contribution in [0.4, 0.5) is 0 Å². The molecule has 0 aliphatic heterocycles. The molecule has 0 fully saturated rings. The van der Waals surface area contributed by atoms with Crippen LogP contribution in [-0.2, 0) is 21.7 Å². The van der Waals surface area contributed by atoms with Crippen molar-refractivity contribution in [1.82, 2.24) is 0 Å². The first-order valence-corrected chi connectivity index (χ1v) is 28.8. The van der Waals surface area contributed by atoms with E-state index in [4.69, 9.17) is 0 Å². The van der Waals surface area contributed by atoms with E-state index in [0.717, 1.165) is 45.7 Å². The lowest BCUT2D eigenvalue weighted by atomic mass is 9.77. The number of benzene rings is 9. The Labute approximate surface area is 475 Å². The van der Waals surface area contributed by atoms with E-state index in [2.05, 4.69) is 329 Å². The fourth-order valence-corrected chi connectivity index (χ4v) is 10.9. The van der Waals surface area contributed by atoms with Crippen molar-refractivity contribution in [2.24, 2.45) is 0 Å². The molecule has 0 bridgehead atoms. The molecule has 0 saturated heterocycles. The summed E-state index contributed by atoms with van der Waals surface area (Å²) in [6, 6.07) is 68.8. The van der Waals surface area contributed by atoms with E-state index in [1.54, 1.807) is 0 Å². The summed E-state index contributed by atoms with van der Waals surface area (Å²) in [6.45, 7) is 27.8. The molecule has 0 aliphatic rings. The summed E-state index contributed by atoms with van der Waals surface area (Å²) >= 11 is 15.0. The van der Waals surface area contributed by atoms with Crippen LogP contribution in [-0.4, -0.2) is 0 Å². The Hall–Kier alpha value is -5.10. The second kappa shape index (κ2) is 20.8. The zero-order chi connectivity index (χ0) is 53.1. The minimum Gasteiger partial charge on any atom is -0.0561 e. The molecule has 0 aromatic heterocycles. The van der Waals surface area contributed by atoms with Crippen molar-refractivity contribution >= 4 is 63.7 Å². The number of hydrogen-bond acceptors (Lipinski definition) is 0. The summed E-state index contributed by atoms with van der Waals surface area (Å²) < 4.78 is 4.21. The number of hydrogen-bond donors (Lipinski definition) is 0. The van der Waals surface area contributed by atoms with Crippen molar-refractivity contribution in [1.29, 1.82) is 0 Å². The smallest absolute Gasteiger partial charge is 0.0175 e. The lowest BCUT2D eigenvalue weighted by molar-refractivity contribution is 0.568. The molecule has 9 aromatic carbocycles. The van der Waals surface area contributed by atoms with E-state index < -0.39 is 0 Å². The second-order valence-electron chi connectivity index (χ2n) is 24.1. The van der Waals surface area contributed by atoms with Gasteiger partial charge in [-0.05, 0) is 206 Å². The summed E-state index contributed by atoms with van der Waals surface area (Å²) in [5, 5.41) is 0. The van der Waals surface area contributed by atoms with Crippen molar-refractivity contribution in [3.8, 4) is 89.0 Å². The van der Waals surface area contributed by atoms with Crippen LogP contribution in [0.5, 0.6) is 0 Å². The Kier molecular flexibility index (Phi) is 15.1. The normalized spacial score (nSPS) is 12.3. The zero-order valence-corrected chi connectivity index (χ0v) is 51.2. The van der Waals surface area contributed by atoms with Gasteiger partial charge in [0, 0.05) is 17.9 Å². The maximum atomic E-state index is 3.75.